The summed E-state index contributed by atoms with van der Waals surface area (Å²) < 4.78 is 4.87. The lowest BCUT2D eigenvalue weighted by Crippen LogP contribution is -2.48. The molecule has 1 aromatic carbocycles. The SMILES string of the molecule is COC[C@@H](NC(C)=O)C(=O)NCc1ccc([N+](=O)[O-])cc1. The quantitative estimate of drug-likeness (QED) is 0.557. The van der Waals surface area contributed by atoms with E-state index in [1.54, 1.807) is 12.1 Å². The summed E-state index contributed by atoms with van der Waals surface area (Å²) in [4.78, 5) is 32.9. The monoisotopic (exact) mass is 295 g/mol. The number of nitrogens with zero attached hydrogens (tertiary/aromatic N) is 1. The minimum absolute atomic E-state index is 0.0133. The van der Waals surface area contributed by atoms with Crippen molar-refractivity contribution in [3.05, 3.63) is 39.9 Å². The van der Waals surface area contributed by atoms with Crippen molar-refractivity contribution in [3.63, 3.8) is 0 Å². The molecule has 0 aliphatic rings. The number of methoxy groups -OCH3 is 1. The molecule has 0 spiro atoms. The molecule has 0 aromatic heterocycles. The highest BCUT2D eigenvalue weighted by Gasteiger charge is 2.18. The number of nitro benzene ring substituents is 1. The summed E-state index contributed by atoms with van der Waals surface area (Å²) in [6.45, 7) is 1.58. The van der Waals surface area contributed by atoms with Gasteiger partial charge in [0.05, 0.1) is 11.5 Å². The predicted molar refractivity (Wildman–Crippen MR) is 74.4 cm³/mol. The Morgan fingerprint density at radius 2 is 1.95 bits per heavy atom. The van der Waals surface area contributed by atoms with Gasteiger partial charge in [0.1, 0.15) is 6.04 Å². The molecule has 2 amide bonds. The zero-order valence-electron chi connectivity index (χ0n) is 11.8. The number of carbonyl (C=O) groups excluding carboxylic acids is 2. The molecule has 0 unspecified atom stereocenters. The molecule has 1 atom stereocenters. The van der Waals surface area contributed by atoms with E-state index in [1.165, 1.54) is 26.2 Å². The van der Waals surface area contributed by atoms with Crippen LogP contribution < -0.4 is 10.6 Å². The summed E-state index contributed by atoms with van der Waals surface area (Å²) in [6, 6.07) is 5.07. The Morgan fingerprint density at radius 3 is 2.43 bits per heavy atom. The molecule has 0 saturated heterocycles. The normalized spacial score (nSPS) is 11.5. The van der Waals surface area contributed by atoms with Crippen LogP contribution in [-0.4, -0.2) is 36.5 Å². The summed E-state index contributed by atoms with van der Waals surface area (Å²) in [6.07, 6.45) is 0. The number of nitrogens with one attached hydrogen (secondary N) is 2. The second kappa shape index (κ2) is 7.95. The highest BCUT2D eigenvalue weighted by Crippen LogP contribution is 2.11. The molecular weight excluding hydrogens is 278 g/mol. The number of rotatable bonds is 7. The lowest BCUT2D eigenvalue weighted by atomic mass is 10.2. The number of amides is 2. The zero-order chi connectivity index (χ0) is 15.8. The van der Waals surface area contributed by atoms with E-state index in [2.05, 4.69) is 10.6 Å². The average Bonchev–Trinajstić information content (AvgIpc) is 2.44. The van der Waals surface area contributed by atoms with Gasteiger partial charge in [-0.15, -0.1) is 0 Å². The van der Waals surface area contributed by atoms with Crippen molar-refractivity contribution in [1.82, 2.24) is 10.6 Å². The van der Waals surface area contributed by atoms with Gasteiger partial charge < -0.3 is 15.4 Å². The predicted octanol–water partition coefficient (Wildman–Crippen LogP) is 0.362. The average molecular weight is 295 g/mol. The molecule has 0 saturated carbocycles. The molecule has 1 rings (SSSR count). The molecule has 21 heavy (non-hydrogen) atoms. The smallest absolute Gasteiger partial charge is 0.269 e. The van der Waals surface area contributed by atoms with Gasteiger partial charge in [-0.05, 0) is 5.56 Å². The van der Waals surface area contributed by atoms with Gasteiger partial charge in [-0.3, -0.25) is 19.7 Å². The van der Waals surface area contributed by atoms with E-state index < -0.39 is 11.0 Å². The Morgan fingerprint density at radius 1 is 1.33 bits per heavy atom. The standard InChI is InChI=1S/C13H17N3O5/c1-9(17)15-12(8-21-2)13(18)14-7-10-3-5-11(6-4-10)16(19)20/h3-6,12H,7-8H2,1-2H3,(H,14,18)(H,15,17)/t12-/m1/s1. The molecule has 0 aliphatic heterocycles. The van der Waals surface area contributed by atoms with Crippen LogP contribution in [0.3, 0.4) is 0 Å². The van der Waals surface area contributed by atoms with Crippen LogP contribution >= 0.6 is 0 Å². The first-order valence-corrected chi connectivity index (χ1v) is 6.21. The summed E-state index contributed by atoms with van der Waals surface area (Å²) in [7, 11) is 1.43. The van der Waals surface area contributed by atoms with Crippen LogP contribution in [0.1, 0.15) is 12.5 Å². The van der Waals surface area contributed by atoms with E-state index in [9.17, 15) is 19.7 Å². The van der Waals surface area contributed by atoms with Gasteiger partial charge in [0.25, 0.3) is 5.69 Å². The van der Waals surface area contributed by atoms with E-state index in [-0.39, 0.29) is 30.7 Å². The summed E-state index contributed by atoms with van der Waals surface area (Å²) in [5, 5.41) is 15.6. The second-order valence-electron chi connectivity index (χ2n) is 4.35. The maximum Gasteiger partial charge on any atom is 0.269 e. The molecule has 0 heterocycles. The molecule has 8 heteroatoms. The van der Waals surface area contributed by atoms with E-state index in [1.807, 2.05) is 0 Å². The first-order valence-electron chi connectivity index (χ1n) is 6.21. The minimum Gasteiger partial charge on any atom is -0.382 e. The summed E-state index contributed by atoms with van der Waals surface area (Å²) >= 11 is 0. The molecular formula is C13H17N3O5. The number of hydrogen-bond acceptors (Lipinski definition) is 5. The fourth-order valence-corrected chi connectivity index (χ4v) is 1.64. The first-order chi connectivity index (χ1) is 9.93. The minimum atomic E-state index is -0.773. The summed E-state index contributed by atoms with van der Waals surface area (Å²) in [5.74, 6) is -0.715. The van der Waals surface area contributed by atoms with E-state index in [0.29, 0.717) is 5.56 Å². The van der Waals surface area contributed by atoms with E-state index in [0.717, 1.165) is 0 Å². The van der Waals surface area contributed by atoms with Crippen LogP contribution in [0, 0.1) is 10.1 Å². The van der Waals surface area contributed by atoms with Crippen molar-refractivity contribution in [2.24, 2.45) is 0 Å². The molecule has 0 fully saturated rings. The lowest BCUT2D eigenvalue weighted by Gasteiger charge is -2.16. The first kappa shape index (κ1) is 16.6. The van der Waals surface area contributed by atoms with Crippen molar-refractivity contribution >= 4 is 17.5 Å². The van der Waals surface area contributed by atoms with Gasteiger partial charge in [0.15, 0.2) is 0 Å². The van der Waals surface area contributed by atoms with E-state index >= 15 is 0 Å². The van der Waals surface area contributed by atoms with Gasteiger partial charge in [0, 0.05) is 32.7 Å². The molecule has 2 N–H and O–H groups in total. The van der Waals surface area contributed by atoms with Crippen molar-refractivity contribution in [2.45, 2.75) is 19.5 Å². The largest absolute Gasteiger partial charge is 0.382 e. The molecule has 0 bridgehead atoms. The second-order valence-corrected chi connectivity index (χ2v) is 4.35. The van der Waals surface area contributed by atoms with E-state index in [4.69, 9.17) is 4.74 Å². The van der Waals surface area contributed by atoms with Gasteiger partial charge in [-0.25, -0.2) is 0 Å². The Labute approximate surface area is 121 Å². The summed E-state index contributed by atoms with van der Waals surface area (Å²) in [5.41, 5.74) is 0.702. The third-order valence-electron chi connectivity index (χ3n) is 2.64. The number of hydrogen-bond donors (Lipinski definition) is 2. The fourth-order valence-electron chi connectivity index (χ4n) is 1.64. The van der Waals surface area contributed by atoms with Gasteiger partial charge >= 0.3 is 0 Å². The fraction of sp³-hybridized carbons (Fsp3) is 0.385. The topological polar surface area (TPSA) is 111 Å². The van der Waals surface area contributed by atoms with Gasteiger partial charge in [0.2, 0.25) is 11.8 Å². The van der Waals surface area contributed by atoms with Crippen molar-refractivity contribution in [1.29, 1.82) is 0 Å². The molecule has 8 nitrogen and oxygen atoms in total. The van der Waals surface area contributed by atoms with Crippen LogP contribution in [0.5, 0.6) is 0 Å². The highest BCUT2D eigenvalue weighted by atomic mass is 16.6. The van der Waals surface area contributed by atoms with Crippen LogP contribution in [-0.2, 0) is 20.9 Å². The third-order valence-corrected chi connectivity index (χ3v) is 2.64. The molecule has 0 aliphatic carbocycles. The van der Waals surface area contributed by atoms with Crippen molar-refractivity contribution in [3.8, 4) is 0 Å². The Kier molecular flexibility index (Phi) is 6.28. The van der Waals surface area contributed by atoms with Crippen LogP contribution in [0.25, 0.3) is 0 Å². The number of nitro groups is 1. The number of non-ortho nitro benzene ring substituents is 1. The number of ether oxygens (including phenoxy) is 1. The number of carbonyl (C=O) groups is 2. The van der Waals surface area contributed by atoms with Crippen LogP contribution in [0.2, 0.25) is 0 Å². The highest BCUT2D eigenvalue weighted by molar-refractivity contribution is 5.86. The van der Waals surface area contributed by atoms with Crippen molar-refractivity contribution in [2.75, 3.05) is 13.7 Å². The third kappa shape index (κ3) is 5.57. The van der Waals surface area contributed by atoms with Gasteiger partial charge in [-0.2, -0.15) is 0 Å². The maximum absolute atomic E-state index is 11.9. The van der Waals surface area contributed by atoms with Crippen molar-refractivity contribution < 1.29 is 19.2 Å². The maximum atomic E-state index is 11.9. The Balaban J connectivity index is 2.57. The Hall–Kier alpha value is -2.48. The zero-order valence-corrected chi connectivity index (χ0v) is 11.8. The molecule has 114 valence electrons. The lowest BCUT2D eigenvalue weighted by molar-refractivity contribution is -0.384. The van der Waals surface area contributed by atoms with Crippen LogP contribution in [0.15, 0.2) is 24.3 Å². The number of benzene rings is 1. The Bertz CT molecular complexity index is 515. The molecule has 0 radical (unpaired) electrons. The molecule has 1 aromatic rings. The van der Waals surface area contributed by atoms with Crippen LogP contribution in [0.4, 0.5) is 5.69 Å². The van der Waals surface area contributed by atoms with Gasteiger partial charge in [-0.1, -0.05) is 12.1 Å².